The minimum atomic E-state index is -0.505. The molecule has 0 spiro atoms. The van der Waals surface area contributed by atoms with Crippen LogP contribution in [0, 0.1) is 17.8 Å². The van der Waals surface area contributed by atoms with Crippen molar-refractivity contribution < 1.29 is 9.53 Å². The van der Waals surface area contributed by atoms with Gasteiger partial charge in [0.05, 0.1) is 12.1 Å². The van der Waals surface area contributed by atoms with Crippen molar-refractivity contribution in [3.8, 4) is 11.6 Å². The van der Waals surface area contributed by atoms with Crippen LogP contribution >= 0.6 is 0 Å². The fraction of sp³-hybridized carbons (Fsp3) is 0.320. The van der Waals surface area contributed by atoms with Crippen LogP contribution in [-0.4, -0.2) is 17.1 Å². The van der Waals surface area contributed by atoms with Gasteiger partial charge in [-0.3, -0.25) is 9.79 Å². The summed E-state index contributed by atoms with van der Waals surface area (Å²) in [7, 11) is 0. The number of primary amides is 1. The van der Waals surface area contributed by atoms with Gasteiger partial charge in [-0.25, -0.2) is 4.98 Å². The van der Waals surface area contributed by atoms with Gasteiger partial charge in [0.1, 0.15) is 5.75 Å². The van der Waals surface area contributed by atoms with Crippen LogP contribution in [0.25, 0.3) is 10.8 Å². The van der Waals surface area contributed by atoms with Crippen molar-refractivity contribution in [3.63, 3.8) is 0 Å². The average molecular weight is 399 g/mol. The van der Waals surface area contributed by atoms with Crippen LogP contribution in [0.3, 0.4) is 0 Å². The highest BCUT2D eigenvalue weighted by atomic mass is 16.5. The Morgan fingerprint density at radius 2 is 1.97 bits per heavy atom. The Bertz CT molecular complexity index is 1110. The smallest absolute Gasteiger partial charge is 0.250 e. The summed E-state index contributed by atoms with van der Waals surface area (Å²) in [5, 5.41) is 2.15. The molecule has 2 aliphatic rings. The fourth-order valence-corrected chi connectivity index (χ4v) is 5.02. The zero-order chi connectivity index (χ0) is 20.5. The number of nitrogens with zero attached hydrogens (tertiary/aromatic N) is 2. The van der Waals surface area contributed by atoms with E-state index in [1.807, 2.05) is 24.3 Å². The predicted octanol–water partition coefficient (Wildman–Crippen LogP) is 5.13. The van der Waals surface area contributed by atoms with Crippen LogP contribution in [0.4, 0.5) is 0 Å². The number of hydrogen-bond acceptors (Lipinski definition) is 4. The van der Waals surface area contributed by atoms with Crippen molar-refractivity contribution in [2.45, 2.75) is 32.2 Å². The van der Waals surface area contributed by atoms with E-state index in [9.17, 15) is 4.79 Å². The third-order valence-electron chi connectivity index (χ3n) is 6.56. The molecule has 1 heterocycles. The molecule has 5 heteroatoms. The van der Waals surface area contributed by atoms with E-state index in [-0.39, 0.29) is 0 Å². The Morgan fingerprint density at radius 1 is 1.10 bits per heavy atom. The number of rotatable bonds is 6. The van der Waals surface area contributed by atoms with E-state index in [0.717, 1.165) is 28.4 Å². The summed E-state index contributed by atoms with van der Waals surface area (Å²) in [6.45, 7) is 0.681. The first kappa shape index (κ1) is 18.8. The maximum absolute atomic E-state index is 11.2. The van der Waals surface area contributed by atoms with Crippen LogP contribution in [0.2, 0.25) is 0 Å². The lowest BCUT2D eigenvalue weighted by molar-refractivity contribution is 0.1000. The lowest BCUT2D eigenvalue weighted by Gasteiger charge is -2.17. The number of pyridine rings is 1. The molecule has 1 aromatic heterocycles. The highest BCUT2D eigenvalue weighted by Crippen LogP contribution is 2.47. The third-order valence-corrected chi connectivity index (χ3v) is 6.56. The molecule has 1 amide bonds. The largest absolute Gasteiger partial charge is 0.438 e. The van der Waals surface area contributed by atoms with Gasteiger partial charge in [-0.2, -0.15) is 0 Å². The molecule has 0 radical (unpaired) electrons. The first-order chi connectivity index (χ1) is 14.7. The second kappa shape index (κ2) is 7.90. The normalized spacial score (nSPS) is 22.7. The van der Waals surface area contributed by atoms with Crippen LogP contribution in [0.5, 0.6) is 11.6 Å². The van der Waals surface area contributed by atoms with Gasteiger partial charge < -0.3 is 10.5 Å². The van der Waals surface area contributed by atoms with Crippen LogP contribution in [0.15, 0.2) is 59.7 Å². The minimum absolute atomic E-state index is 0.357. The van der Waals surface area contributed by atoms with Crippen molar-refractivity contribution in [3.05, 3.63) is 65.9 Å². The summed E-state index contributed by atoms with van der Waals surface area (Å²) in [6, 6.07) is 15.5. The summed E-state index contributed by atoms with van der Waals surface area (Å²) >= 11 is 0. The molecule has 2 aliphatic carbocycles. The van der Waals surface area contributed by atoms with Crippen molar-refractivity contribution in [1.82, 2.24) is 4.98 Å². The molecule has 5 nitrogen and oxygen atoms in total. The molecule has 2 bridgehead atoms. The SMILES string of the molecule is NC(=O)c1ccc(Oc2ccc(CN=CC3C[C@H]4CC[C@@H]3C4)c3ccccc23)nc1. The lowest BCUT2D eigenvalue weighted by Crippen LogP contribution is -2.11. The Balaban J connectivity index is 1.36. The van der Waals surface area contributed by atoms with Crippen LogP contribution in [-0.2, 0) is 6.54 Å². The zero-order valence-corrected chi connectivity index (χ0v) is 16.8. The lowest BCUT2D eigenvalue weighted by atomic mass is 9.90. The molecule has 2 N–H and O–H groups in total. The number of hydrogen-bond donors (Lipinski definition) is 1. The molecule has 1 unspecified atom stereocenters. The monoisotopic (exact) mass is 399 g/mol. The van der Waals surface area contributed by atoms with Gasteiger partial charge in [0.25, 0.3) is 0 Å². The van der Waals surface area contributed by atoms with Crippen LogP contribution in [0.1, 0.15) is 41.6 Å². The quantitative estimate of drug-likeness (QED) is 0.584. The Hall–Kier alpha value is -3.21. The van der Waals surface area contributed by atoms with Crippen molar-refractivity contribution >= 4 is 22.9 Å². The molecule has 2 fully saturated rings. The van der Waals surface area contributed by atoms with Gasteiger partial charge in [0.15, 0.2) is 0 Å². The van der Waals surface area contributed by atoms with Crippen molar-refractivity contribution in [2.75, 3.05) is 0 Å². The number of nitrogens with two attached hydrogens (primary N) is 1. The number of carbonyl (C=O) groups excluding carboxylic acids is 1. The molecule has 152 valence electrons. The standard InChI is InChI=1S/C25H25N3O2/c26-25(29)19-8-10-24(28-15-19)30-23-9-7-18(21-3-1-2-4-22(21)23)13-27-14-20-12-16-5-6-17(20)11-16/h1-4,7-10,14-17,20H,5-6,11-13H2,(H2,26,29)/t16-,17+,20?/m0/s1. The first-order valence-corrected chi connectivity index (χ1v) is 10.6. The summed E-state index contributed by atoms with van der Waals surface area (Å²) < 4.78 is 6.00. The van der Waals surface area contributed by atoms with E-state index in [1.165, 1.54) is 37.4 Å². The summed E-state index contributed by atoms with van der Waals surface area (Å²) in [5.41, 5.74) is 6.82. The summed E-state index contributed by atoms with van der Waals surface area (Å²) in [5.74, 6) is 3.12. The van der Waals surface area contributed by atoms with Crippen LogP contribution < -0.4 is 10.5 Å². The molecule has 0 aliphatic heterocycles. The van der Waals surface area contributed by atoms with E-state index in [0.29, 0.717) is 23.9 Å². The summed E-state index contributed by atoms with van der Waals surface area (Å²) in [4.78, 5) is 20.2. The van der Waals surface area contributed by atoms with Gasteiger partial charge in [-0.15, -0.1) is 0 Å². The Kier molecular flexibility index (Phi) is 4.95. The number of carbonyl (C=O) groups is 1. The molecule has 0 saturated heterocycles. The molecule has 3 aromatic rings. The van der Waals surface area contributed by atoms with Gasteiger partial charge in [-0.1, -0.05) is 36.8 Å². The topological polar surface area (TPSA) is 77.6 Å². The zero-order valence-electron chi connectivity index (χ0n) is 16.8. The number of aromatic nitrogens is 1. The van der Waals surface area contributed by atoms with Crippen molar-refractivity contribution in [2.24, 2.45) is 28.5 Å². The Labute approximate surface area is 176 Å². The van der Waals surface area contributed by atoms with E-state index in [2.05, 4.69) is 23.3 Å². The van der Waals surface area contributed by atoms with Gasteiger partial charge in [0, 0.05) is 23.9 Å². The van der Waals surface area contributed by atoms with Gasteiger partial charge in [-0.05, 0) is 60.1 Å². The first-order valence-electron chi connectivity index (χ1n) is 10.6. The number of aliphatic imine (C=N–C) groups is 1. The maximum atomic E-state index is 11.2. The average Bonchev–Trinajstić information content (AvgIpc) is 3.39. The van der Waals surface area contributed by atoms with Gasteiger partial charge in [0.2, 0.25) is 11.8 Å². The van der Waals surface area contributed by atoms with E-state index in [1.54, 1.807) is 12.1 Å². The fourth-order valence-electron chi connectivity index (χ4n) is 5.02. The minimum Gasteiger partial charge on any atom is -0.438 e. The number of fused-ring (bicyclic) bond motifs is 3. The Morgan fingerprint density at radius 3 is 2.67 bits per heavy atom. The van der Waals surface area contributed by atoms with E-state index in [4.69, 9.17) is 15.5 Å². The highest BCUT2D eigenvalue weighted by Gasteiger charge is 2.38. The molecule has 3 atom stereocenters. The second-order valence-corrected chi connectivity index (χ2v) is 8.45. The van der Waals surface area contributed by atoms with E-state index >= 15 is 0 Å². The molecular weight excluding hydrogens is 374 g/mol. The van der Waals surface area contributed by atoms with Gasteiger partial charge >= 0.3 is 0 Å². The van der Waals surface area contributed by atoms with Crippen molar-refractivity contribution in [1.29, 1.82) is 0 Å². The van der Waals surface area contributed by atoms with E-state index < -0.39 is 5.91 Å². The summed E-state index contributed by atoms with van der Waals surface area (Å²) in [6.07, 6.45) is 9.17. The second-order valence-electron chi connectivity index (χ2n) is 8.45. The number of benzene rings is 2. The highest BCUT2D eigenvalue weighted by molar-refractivity contribution is 5.93. The molecule has 2 aromatic carbocycles. The predicted molar refractivity (Wildman–Crippen MR) is 118 cm³/mol. The maximum Gasteiger partial charge on any atom is 0.250 e. The number of ether oxygens (including phenoxy) is 1. The molecular formula is C25H25N3O2. The molecule has 5 rings (SSSR count). The third kappa shape index (κ3) is 3.67. The number of amides is 1. The molecule has 30 heavy (non-hydrogen) atoms. The molecule has 2 saturated carbocycles.